The highest BCUT2D eigenvalue weighted by atomic mass is 32.2. The molecule has 1 atom stereocenters. The van der Waals surface area contributed by atoms with Crippen LogP contribution in [0.2, 0.25) is 0 Å². The molecule has 1 aromatic carbocycles. The molecule has 0 aliphatic carbocycles. The number of fused-ring (bicyclic) bond motifs is 2. The van der Waals surface area contributed by atoms with Crippen LogP contribution >= 0.6 is 11.8 Å². The summed E-state index contributed by atoms with van der Waals surface area (Å²) in [4.78, 5) is 36.0. The van der Waals surface area contributed by atoms with Gasteiger partial charge in [-0.2, -0.15) is 11.8 Å². The number of aryl methyl sites for hydroxylation is 3. The molecular formula is C20H21NO6S. The third-order valence-corrected chi connectivity index (χ3v) is 5.55. The molecule has 1 amide bonds. The first kappa shape index (κ1) is 20.0. The van der Waals surface area contributed by atoms with Crippen LogP contribution in [0, 0.1) is 20.8 Å². The molecule has 2 N–H and O–H groups in total. The van der Waals surface area contributed by atoms with Crippen LogP contribution in [-0.4, -0.2) is 35.0 Å². The Labute approximate surface area is 165 Å². The van der Waals surface area contributed by atoms with E-state index in [1.165, 1.54) is 11.8 Å². The number of carbonyl (C=O) groups is 2. The summed E-state index contributed by atoms with van der Waals surface area (Å²) in [5.41, 5.74) is 2.27. The zero-order chi connectivity index (χ0) is 20.6. The zero-order valence-electron chi connectivity index (χ0n) is 16.0. The second-order valence-electron chi connectivity index (χ2n) is 6.71. The van der Waals surface area contributed by atoms with Gasteiger partial charge in [0.05, 0.1) is 12.0 Å². The van der Waals surface area contributed by atoms with Gasteiger partial charge in [0, 0.05) is 22.6 Å². The van der Waals surface area contributed by atoms with Gasteiger partial charge in [0.25, 0.3) is 0 Å². The first-order chi connectivity index (χ1) is 13.2. The van der Waals surface area contributed by atoms with Crippen molar-refractivity contribution in [2.45, 2.75) is 33.2 Å². The number of furan rings is 1. The van der Waals surface area contributed by atoms with E-state index in [9.17, 15) is 19.5 Å². The van der Waals surface area contributed by atoms with Crippen molar-refractivity contribution >= 4 is 45.6 Å². The highest BCUT2D eigenvalue weighted by Crippen LogP contribution is 2.30. The minimum Gasteiger partial charge on any atom is -0.480 e. The number of hydrogen-bond acceptors (Lipinski definition) is 6. The molecule has 2 heterocycles. The van der Waals surface area contributed by atoms with Crippen molar-refractivity contribution in [2.75, 3.05) is 12.0 Å². The molecule has 3 aromatic rings. The molecule has 3 rings (SSSR count). The summed E-state index contributed by atoms with van der Waals surface area (Å²) in [7, 11) is 0. The summed E-state index contributed by atoms with van der Waals surface area (Å²) in [5, 5.41) is 13.3. The van der Waals surface area contributed by atoms with Gasteiger partial charge in [-0.15, -0.1) is 0 Å². The third-order valence-electron chi connectivity index (χ3n) is 4.89. The molecule has 2 aromatic heterocycles. The fraction of sp³-hybridized carbons (Fsp3) is 0.350. The normalized spacial score (nSPS) is 12.4. The van der Waals surface area contributed by atoms with Crippen molar-refractivity contribution in [3.05, 3.63) is 45.0 Å². The van der Waals surface area contributed by atoms with Gasteiger partial charge in [0.15, 0.2) is 0 Å². The summed E-state index contributed by atoms with van der Waals surface area (Å²) < 4.78 is 11.1. The molecule has 0 radical (unpaired) electrons. The van der Waals surface area contributed by atoms with E-state index in [2.05, 4.69) is 5.32 Å². The monoisotopic (exact) mass is 403 g/mol. The standard InChI is InChI=1S/C20H21NO6S/c1-9-11(3)26-16-7-17-13(5-12(9)16)10(2)14(20(25)27-17)6-18(22)21-15(8-28-4)19(23)24/h5,7,15H,6,8H2,1-4H3,(H,21,22)(H,23,24)/t15-/m0/s1. The maximum Gasteiger partial charge on any atom is 0.340 e. The van der Waals surface area contributed by atoms with E-state index in [0.717, 1.165) is 22.1 Å². The van der Waals surface area contributed by atoms with Crippen LogP contribution in [0.15, 0.2) is 25.8 Å². The summed E-state index contributed by atoms with van der Waals surface area (Å²) >= 11 is 1.31. The predicted molar refractivity (Wildman–Crippen MR) is 108 cm³/mol. The van der Waals surface area contributed by atoms with Gasteiger partial charge in [-0.25, -0.2) is 9.59 Å². The SMILES string of the molecule is CSC[C@H](NC(=O)Cc1c(C)c2cc3c(C)c(C)oc3cc2oc1=O)C(=O)O. The number of thioether (sulfide) groups is 1. The lowest BCUT2D eigenvalue weighted by Crippen LogP contribution is -2.43. The number of rotatable bonds is 6. The quantitative estimate of drug-likeness (QED) is 0.609. The van der Waals surface area contributed by atoms with Gasteiger partial charge in [-0.1, -0.05) is 0 Å². The molecule has 0 aliphatic rings. The number of amides is 1. The number of carbonyl (C=O) groups excluding carboxylic acids is 1. The molecule has 7 nitrogen and oxygen atoms in total. The minimum atomic E-state index is -1.11. The number of benzene rings is 1. The average Bonchev–Trinajstić information content (AvgIpc) is 2.90. The van der Waals surface area contributed by atoms with E-state index in [-0.39, 0.29) is 17.7 Å². The first-order valence-electron chi connectivity index (χ1n) is 8.70. The number of aliphatic carboxylic acids is 1. The molecular weight excluding hydrogens is 382 g/mol. The van der Waals surface area contributed by atoms with Gasteiger partial charge >= 0.3 is 11.6 Å². The van der Waals surface area contributed by atoms with E-state index in [4.69, 9.17) is 8.83 Å². The number of carboxylic acids is 1. The first-order valence-corrected chi connectivity index (χ1v) is 10.1. The van der Waals surface area contributed by atoms with Crippen molar-refractivity contribution in [1.82, 2.24) is 5.32 Å². The van der Waals surface area contributed by atoms with Gasteiger partial charge in [-0.3, -0.25) is 4.79 Å². The third kappa shape index (κ3) is 3.64. The number of nitrogens with one attached hydrogen (secondary N) is 1. The smallest absolute Gasteiger partial charge is 0.340 e. The van der Waals surface area contributed by atoms with Gasteiger partial charge in [0.1, 0.15) is 23.0 Å². The maximum absolute atomic E-state index is 12.4. The van der Waals surface area contributed by atoms with E-state index in [0.29, 0.717) is 16.7 Å². The fourth-order valence-electron chi connectivity index (χ4n) is 3.18. The Morgan fingerprint density at radius 3 is 2.39 bits per heavy atom. The Bertz CT molecular complexity index is 1140. The van der Waals surface area contributed by atoms with Crippen LogP contribution in [-0.2, 0) is 16.0 Å². The van der Waals surface area contributed by atoms with Gasteiger partial charge in [-0.05, 0) is 44.2 Å². The van der Waals surface area contributed by atoms with Gasteiger partial charge < -0.3 is 19.3 Å². The lowest BCUT2D eigenvalue weighted by Gasteiger charge is -2.14. The zero-order valence-corrected chi connectivity index (χ0v) is 16.9. The fourth-order valence-corrected chi connectivity index (χ4v) is 3.74. The van der Waals surface area contributed by atoms with Crippen molar-refractivity contribution in [3.8, 4) is 0 Å². The Hall–Kier alpha value is -2.74. The van der Waals surface area contributed by atoms with Crippen molar-refractivity contribution in [3.63, 3.8) is 0 Å². The van der Waals surface area contributed by atoms with E-state index < -0.39 is 23.5 Å². The van der Waals surface area contributed by atoms with Crippen molar-refractivity contribution in [2.24, 2.45) is 0 Å². The largest absolute Gasteiger partial charge is 0.480 e. The van der Waals surface area contributed by atoms with Crippen LogP contribution in [0.3, 0.4) is 0 Å². The highest BCUT2D eigenvalue weighted by molar-refractivity contribution is 7.98. The topological polar surface area (TPSA) is 110 Å². The Kier molecular flexibility index (Phi) is 5.51. The molecule has 0 spiro atoms. The summed E-state index contributed by atoms with van der Waals surface area (Å²) in [6.45, 7) is 5.58. The van der Waals surface area contributed by atoms with E-state index >= 15 is 0 Å². The molecule has 8 heteroatoms. The van der Waals surface area contributed by atoms with Crippen LogP contribution in [0.1, 0.15) is 22.5 Å². The second kappa shape index (κ2) is 7.71. The molecule has 148 valence electrons. The Morgan fingerprint density at radius 2 is 1.75 bits per heavy atom. The van der Waals surface area contributed by atoms with E-state index in [1.807, 2.05) is 19.9 Å². The molecule has 0 aliphatic heterocycles. The van der Waals surface area contributed by atoms with Crippen LogP contribution < -0.4 is 10.9 Å². The average molecular weight is 403 g/mol. The molecule has 0 unspecified atom stereocenters. The Balaban J connectivity index is 2.00. The van der Waals surface area contributed by atoms with Crippen LogP contribution in [0.5, 0.6) is 0 Å². The van der Waals surface area contributed by atoms with Crippen LogP contribution in [0.25, 0.3) is 21.9 Å². The van der Waals surface area contributed by atoms with Crippen molar-refractivity contribution < 1.29 is 23.5 Å². The molecule has 0 saturated heterocycles. The number of hydrogen-bond donors (Lipinski definition) is 2. The van der Waals surface area contributed by atoms with Crippen LogP contribution in [0.4, 0.5) is 0 Å². The lowest BCUT2D eigenvalue weighted by molar-refractivity contribution is -0.141. The van der Waals surface area contributed by atoms with Gasteiger partial charge in [0.2, 0.25) is 5.91 Å². The summed E-state index contributed by atoms with van der Waals surface area (Å²) in [6, 6.07) is 2.57. The second-order valence-corrected chi connectivity index (χ2v) is 7.62. The Morgan fingerprint density at radius 1 is 1.11 bits per heavy atom. The van der Waals surface area contributed by atoms with E-state index in [1.54, 1.807) is 19.2 Å². The lowest BCUT2D eigenvalue weighted by atomic mass is 10.0. The highest BCUT2D eigenvalue weighted by Gasteiger charge is 2.22. The molecule has 0 bridgehead atoms. The number of carboxylic acid groups (broad SMARTS) is 1. The predicted octanol–water partition coefficient (Wildman–Crippen LogP) is 2.94. The maximum atomic E-state index is 12.4. The molecule has 0 fully saturated rings. The van der Waals surface area contributed by atoms with Crippen molar-refractivity contribution in [1.29, 1.82) is 0 Å². The molecule has 0 saturated carbocycles. The molecule has 28 heavy (non-hydrogen) atoms. The summed E-state index contributed by atoms with van der Waals surface area (Å²) in [5.74, 6) is -0.618. The summed E-state index contributed by atoms with van der Waals surface area (Å²) in [6.07, 6.45) is 1.51. The minimum absolute atomic E-state index is 0.218.